The first-order chi connectivity index (χ1) is 9.84. The van der Waals surface area contributed by atoms with Gasteiger partial charge in [-0.1, -0.05) is 20.8 Å². The third-order valence-electron chi connectivity index (χ3n) is 4.94. The van der Waals surface area contributed by atoms with Crippen molar-refractivity contribution in [2.45, 2.75) is 52.2 Å². The maximum Gasteiger partial charge on any atom is 0.0900 e. The molecular weight excluding hydrogens is 264 g/mol. The molecule has 0 bridgehead atoms. The third kappa shape index (κ3) is 5.85. The van der Waals surface area contributed by atoms with Crippen LogP contribution in [0.5, 0.6) is 0 Å². The van der Waals surface area contributed by atoms with Gasteiger partial charge < -0.3 is 14.7 Å². The maximum atomic E-state index is 10.2. The highest BCUT2D eigenvalue weighted by atomic mass is 16.5. The average Bonchev–Trinajstić information content (AvgIpc) is 2.37. The molecule has 2 fully saturated rings. The van der Waals surface area contributed by atoms with Gasteiger partial charge in [-0.25, -0.2) is 0 Å². The van der Waals surface area contributed by atoms with Crippen LogP contribution in [-0.2, 0) is 4.74 Å². The highest BCUT2D eigenvalue weighted by molar-refractivity contribution is 4.83. The Balaban J connectivity index is 1.67. The minimum Gasteiger partial charge on any atom is -0.389 e. The number of nitrogens with zero attached hydrogens (tertiary/aromatic N) is 2. The van der Waals surface area contributed by atoms with Crippen LogP contribution in [-0.4, -0.2) is 73.5 Å². The quantitative estimate of drug-likeness (QED) is 0.840. The largest absolute Gasteiger partial charge is 0.389 e. The van der Waals surface area contributed by atoms with Crippen LogP contribution in [0.25, 0.3) is 0 Å². The molecule has 3 unspecified atom stereocenters. The Labute approximate surface area is 130 Å². The van der Waals surface area contributed by atoms with E-state index in [1.807, 2.05) is 0 Å². The fourth-order valence-corrected chi connectivity index (χ4v) is 4.01. The minimum absolute atomic E-state index is 0.325. The molecule has 1 N–H and O–H groups in total. The first kappa shape index (κ1) is 17.2. The smallest absolute Gasteiger partial charge is 0.0900 e. The number of likely N-dealkylation sites (N-methyl/N-ethyl adjacent to an activating group) is 1. The van der Waals surface area contributed by atoms with E-state index in [0.717, 1.165) is 51.5 Å². The fraction of sp³-hybridized carbons (Fsp3) is 1.00. The highest BCUT2D eigenvalue weighted by Gasteiger charge is 2.32. The second kappa shape index (κ2) is 7.40. The van der Waals surface area contributed by atoms with Gasteiger partial charge in [-0.15, -0.1) is 0 Å². The van der Waals surface area contributed by atoms with Crippen molar-refractivity contribution in [3.05, 3.63) is 0 Å². The summed E-state index contributed by atoms with van der Waals surface area (Å²) in [7, 11) is 2.16. The lowest BCUT2D eigenvalue weighted by Crippen LogP contribution is -2.47. The first-order valence-electron chi connectivity index (χ1n) is 8.54. The van der Waals surface area contributed by atoms with Crippen molar-refractivity contribution in [1.82, 2.24) is 9.80 Å². The van der Waals surface area contributed by atoms with Gasteiger partial charge in [-0.2, -0.15) is 0 Å². The van der Waals surface area contributed by atoms with Gasteiger partial charge in [0.05, 0.1) is 18.8 Å². The monoisotopic (exact) mass is 298 g/mol. The zero-order chi connectivity index (χ0) is 15.5. The molecule has 1 saturated carbocycles. The number of hydrogen-bond acceptors (Lipinski definition) is 4. The van der Waals surface area contributed by atoms with Crippen LogP contribution in [0.2, 0.25) is 0 Å². The summed E-state index contributed by atoms with van der Waals surface area (Å²) in [6.45, 7) is 12.5. The first-order valence-corrected chi connectivity index (χ1v) is 8.54. The highest BCUT2D eigenvalue weighted by Crippen LogP contribution is 2.39. The molecule has 0 amide bonds. The van der Waals surface area contributed by atoms with Crippen molar-refractivity contribution >= 4 is 0 Å². The number of piperazine rings is 1. The summed E-state index contributed by atoms with van der Waals surface area (Å²) in [5.74, 6) is 0.730. The summed E-state index contributed by atoms with van der Waals surface area (Å²) in [5.41, 5.74) is 0.380. The van der Waals surface area contributed by atoms with Crippen LogP contribution in [0.1, 0.15) is 40.0 Å². The lowest BCUT2D eigenvalue weighted by atomic mass is 9.71. The van der Waals surface area contributed by atoms with E-state index in [2.05, 4.69) is 37.6 Å². The van der Waals surface area contributed by atoms with Crippen LogP contribution in [0, 0.1) is 11.3 Å². The van der Waals surface area contributed by atoms with Crippen molar-refractivity contribution in [2.24, 2.45) is 11.3 Å². The van der Waals surface area contributed by atoms with Gasteiger partial charge in [0.25, 0.3) is 0 Å². The van der Waals surface area contributed by atoms with Gasteiger partial charge in [0.2, 0.25) is 0 Å². The number of aliphatic hydroxyl groups excluding tert-OH is 1. The number of aliphatic hydroxyl groups is 1. The molecule has 21 heavy (non-hydrogen) atoms. The standard InChI is InChI=1S/C17H34N2O2/c1-14-9-16(11-17(2,3)10-14)21-13-15(20)12-19-7-5-18(4)6-8-19/h14-16,20H,5-13H2,1-4H3. The average molecular weight is 298 g/mol. The predicted molar refractivity (Wildman–Crippen MR) is 86.5 cm³/mol. The molecule has 0 aromatic carbocycles. The van der Waals surface area contributed by atoms with Gasteiger partial charge >= 0.3 is 0 Å². The van der Waals surface area contributed by atoms with Gasteiger partial charge in [0.1, 0.15) is 0 Å². The Morgan fingerprint density at radius 3 is 2.48 bits per heavy atom. The van der Waals surface area contributed by atoms with E-state index < -0.39 is 0 Å². The van der Waals surface area contributed by atoms with Crippen LogP contribution >= 0.6 is 0 Å². The number of ether oxygens (including phenoxy) is 1. The molecule has 0 aromatic heterocycles. The summed E-state index contributed by atoms with van der Waals surface area (Å²) in [4.78, 5) is 4.69. The van der Waals surface area contributed by atoms with Gasteiger partial charge in [-0.05, 0) is 37.6 Å². The predicted octanol–water partition coefficient (Wildman–Crippen LogP) is 1.83. The van der Waals surface area contributed by atoms with E-state index in [0.29, 0.717) is 18.1 Å². The molecule has 4 heteroatoms. The number of hydrogen-bond donors (Lipinski definition) is 1. The SMILES string of the molecule is CC1CC(OCC(O)CN2CCN(C)CC2)CC(C)(C)C1. The third-order valence-corrected chi connectivity index (χ3v) is 4.94. The fourth-order valence-electron chi connectivity index (χ4n) is 4.01. The summed E-state index contributed by atoms with van der Waals surface area (Å²) >= 11 is 0. The molecule has 3 atom stereocenters. The number of rotatable bonds is 5. The molecule has 1 aliphatic heterocycles. The van der Waals surface area contributed by atoms with E-state index in [-0.39, 0.29) is 6.10 Å². The van der Waals surface area contributed by atoms with Crippen LogP contribution < -0.4 is 0 Å². The van der Waals surface area contributed by atoms with Crippen LogP contribution in [0.3, 0.4) is 0 Å². The van der Waals surface area contributed by atoms with Gasteiger partial charge in [0, 0.05) is 32.7 Å². The Morgan fingerprint density at radius 1 is 1.19 bits per heavy atom. The molecule has 0 radical (unpaired) electrons. The van der Waals surface area contributed by atoms with E-state index in [1.54, 1.807) is 0 Å². The lowest BCUT2D eigenvalue weighted by Gasteiger charge is -2.39. The summed E-state index contributed by atoms with van der Waals surface area (Å²) in [6, 6.07) is 0. The summed E-state index contributed by atoms with van der Waals surface area (Å²) in [5, 5.41) is 10.2. The van der Waals surface area contributed by atoms with E-state index in [4.69, 9.17) is 4.74 Å². The van der Waals surface area contributed by atoms with Crippen molar-refractivity contribution in [2.75, 3.05) is 46.4 Å². The zero-order valence-corrected chi connectivity index (χ0v) is 14.3. The Hall–Kier alpha value is -0.160. The van der Waals surface area contributed by atoms with Crippen molar-refractivity contribution < 1.29 is 9.84 Å². The molecule has 0 aromatic rings. The Morgan fingerprint density at radius 2 is 1.86 bits per heavy atom. The molecule has 1 saturated heterocycles. The second-order valence-corrected chi connectivity index (χ2v) is 8.13. The van der Waals surface area contributed by atoms with E-state index >= 15 is 0 Å². The van der Waals surface area contributed by atoms with Crippen molar-refractivity contribution in [3.8, 4) is 0 Å². The molecular formula is C17H34N2O2. The normalized spacial score (nSPS) is 33.0. The molecule has 2 rings (SSSR count). The van der Waals surface area contributed by atoms with Crippen molar-refractivity contribution in [1.29, 1.82) is 0 Å². The van der Waals surface area contributed by atoms with Crippen molar-refractivity contribution in [3.63, 3.8) is 0 Å². The molecule has 1 heterocycles. The minimum atomic E-state index is -0.353. The summed E-state index contributed by atoms with van der Waals surface area (Å²) in [6.07, 6.45) is 3.53. The van der Waals surface area contributed by atoms with Crippen LogP contribution in [0.15, 0.2) is 0 Å². The van der Waals surface area contributed by atoms with Gasteiger partial charge in [0.15, 0.2) is 0 Å². The Bertz CT molecular complexity index is 314. The zero-order valence-electron chi connectivity index (χ0n) is 14.3. The summed E-state index contributed by atoms with van der Waals surface area (Å²) < 4.78 is 6.03. The maximum absolute atomic E-state index is 10.2. The molecule has 124 valence electrons. The second-order valence-electron chi connectivity index (χ2n) is 8.13. The lowest BCUT2D eigenvalue weighted by molar-refractivity contribution is -0.0630. The Kier molecular flexibility index (Phi) is 6.06. The topological polar surface area (TPSA) is 35.9 Å². The molecule has 0 spiro atoms. The van der Waals surface area contributed by atoms with Crippen LogP contribution in [0.4, 0.5) is 0 Å². The van der Waals surface area contributed by atoms with Gasteiger partial charge in [-0.3, -0.25) is 4.90 Å². The van der Waals surface area contributed by atoms with E-state index in [1.165, 1.54) is 6.42 Å². The van der Waals surface area contributed by atoms with E-state index in [9.17, 15) is 5.11 Å². The molecule has 2 aliphatic rings. The molecule has 1 aliphatic carbocycles. The molecule has 4 nitrogen and oxygen atoms in total. The number of β-amino-alcohol motifs (C(OH)–C–C–N with tert-alkyl or cyclic N) is 1.